The van der Waals surface area contributed by atoms with Crippen molar-refractivity contribution < 1.29 is 17.8 Å². The molecule has 1 aromatic rings. The van der Waals surface area contributed by atoms with Gasteiger partial charge in [0.15, 0.2) is 0 Å². The molecule has 1 aromatic carbocycles. The molecule has 92 valence electrons. The molecule has 1 amide bonds. The molecule has 0 saturated carbocycles. The van der Waals surface area contributed by atoms with Crippen molar-refractivity contribution >= 4 is 53.8 Å². The number of nitrogens with one attached hydrogen (secondary N) is 1. The van der Waals surface area contributed by atoms with E-state index in [0.717, 1.165) is 0 Å². The Labute approximate surface area is 130 Å². The second kappa shape index (κ2) is 7.33. The molecule has 0 atom stereocenters. The molecular weight excluding hydrogens is 270 g/mol. The van der Waals surface area contributed by atoms with Crippen LogP contribution in [0.3, 0.4) is 0 Å². The topological polar surface area (TPSA) is 83.5 Å². The summed E-state index contributed by atoms with van der Waals surface area (Å²) in [6.07, 6.45) is 0. The van der Waals surface area contributed by atoms with Crippen molar-refractivity contribution in [1.82, 2.24) is 5.32 Å². The molecule has 0 radical (unpaired) electrons. The van der Waals surface area contributed by atoms with Gasteiger partial charge in [0.25, 0.3) is 10.1 Å². The third-order valence-electron chi connectivity index (χ3n) is 1.98. The first-order valence-electron chi connectivity index (χ1n) is 4.65. The maximum absolute atomic E-state index is 10.8. The van der Waals surface area contributed by atoms with Crippen LogP contribution < -0.4 is 5.32 Å². The second-order valence-corrected chi connectivity index (χ2v) is 4.86. The third kappa shape index (κ3) is 7.00. The fourth-order valence-corrected chi connectivity index (χ4v) is 1.96. The Morgan fingerprint density at radius 1 is 1.29 bits per heavy atom. The van der Waals surface area contributed by atoms with Gasteiger partial charge in [-0.1, -0.05) is 24.3 Å². The SMILES string of the molecule is CC(=O)NCc1ccccc1CS(=O)(=O)O.[CaH2]. The van der Waals surface area contributed by atoms with E-state index in [4.69, 9.17) is 4.55 Å². The first kappa shape index (κ1) is 16.9. The van der Waals surface area contributed by atoms with Gasteiger partial charge in [0.2, 0.25) is 5.91 Å². The molecule has 0 saturated heterocycles. The van der Waals surface area contributed by atoms with Gasteiger partial charge >= 0.3 is 37.7 Å². The summed E-state index contributed by atoms with van der Waals surface area (Å²) < 4.78 is 30.3. The Bertz CT molecular complexity index is 487. The van der Waals surface area contributed by atoms with Crippen molar-refractivity contribution in [2.45, 2.75) is 19.2 Å². The van der Waals surface area contributed by atoms with Crippen molar-refractivity contribution in [1.29, 1.82) is 0 Å². The standard InChI is InChI=1S/C10H13NO4S.Ca.2H/c1-8(12)11-6-9-4-2-3-5-10(9)7-16(13,14)15;;;/h2-5H,6-7H2,1H3,(H,11,12)(H,13,14,15);;;. The number of carbonyl (C=O) groups excluding carboxylic acids is 1. The molecule has 0 aromatic heterocycles. The Balaban J connectivity index is 0.00000256. The van der Waals surface area contributed by atoms with Gasteiger partial charge in [0.1, 0.15) is 5.75 Å². The van der Waals surface area contributed by atoms with Crippen LogP contribution in [-0.2, 0) is 27.2 Å². The van der Waals surface area contributed by atoms with Crippen LogP contribution in [0.25, 0.3) is 0 Å². The molecule has 17 heavy (non-hydrogen) atoms. The van der Waals surface area contributed by atoms with E-state index in [1.807, 2.05) is 0 Å². The Hall–Kier alpha value is -0.140. The fraction of sp³-hybridized carbons (Fsp3) is 0.300. The van der Waals surface area contributed by atoms with Crippen LogP contribution in [0, 0.1) is 0 Å². The molecule has 0 aliphatic rings. The predicted octanol–water partition coefficient (Wildman–Crippen LogP) is -0.206. The molecule has 0 heterocycles. The molecule has 2 N–H and O–H groups in total. The average Bonchev–Trinajstić information content (AvgIpc) is 2.14. The van der Waals surface area contributed by atoms with Crippen LogP contribution >= 0.6 is 0 Å². The third-order valence-corrected chi connectivity index (χ3v) is 2.66. The summed E-state index contributed by atoms with van der Waals surface area (Å²) in [6, 6.07) is 6.73. The van der Waals surface area contributed by atoms with E-state index in [9.17, 15) is 13.2 Å². The van der Waals surface area contributed by atoms with Gasteiger partial charge in [-0.25, -0.2) is 0 Å². The van der Waals surface area contributed by atoms with Crippen LogP contribution in [0.5, 0.6) is 0 Å². The minimum absolute atomic E-state index is 0. The van der Waals surface area contributed by atoms with Crippen molar-refractivity contribution in [3.05, 3.63) is 35.4 Å². The molecule has 0 unspecified atom stereocenters. The molecule has 0 aliphatic heterocycles. The summed E-state index contributed by atoms with van der Waals surface area (Å²) in [4.78, 5) is 10.7. The van der Waals surface area contributed by atoms with E-state index in [2.05, 4.69) is 5.32 Å². The first-order chi connectivity index (χ1) is 7.38. The van der Waals surface area contributed by atoms with E-state index < -0.39 is 15.9 Å². The van der Waals surface area contributed by atoms with E-state index in [-0.39, 0.29) is 50.2 Å². The number of hydrogen-bond acceptors (Lipinski definition) is 3. The average molecular weight is 285 g/mol. The number of rotatable bonds is 4. The summed E-state index contributed by atoms with van der Waals surface area (Å²) >= 11 is 0. The van der Waals surface area contributed by atoms with Crippen LogP contribution in [0.2, 0.25) is 0 Å². The fourth-order valence-electron chi connectivity index (χ4n) is 1.29. The van der Waals surface area contributed by atoms with Gasteiger partial charge in [-0.05, 0) is 11.1 Å². The molecule has 5 nitrogen and oxygen atoms in total. The zero-order chi connectivity index (χ0) is 12.2. The zero-order valence-corrected chi connectivity index (χ0v) is 9.62. The van der Waals surface area contributed by atoms with Gasteiger partial charge in [-0.3, -0.25) is 9.35 Å². The number of benzene rings is 1. The van der Waals surface area contributed by atoms with Crippen molar-refractivity contribution in [3.63, 3.8) is 0 Å². The monoisotopic (exact) mass is 285 g/mol. The summed E-state index contributed by atoms with van der Waals surface area (Å²) in [5.41, 5.74) is 1.16. The van der Waals surface area contributed by atoms with E-state index in [1.54, 1.807) is 24.3 Å². The Morgan fingerprint density at radius 3 is 2.29 bits per heavy atom. The van der Waals surface area contributed by atoms with Gasteiger partial charge in [-0.2, -0.15) is 8.42 Å². The molecular formula is C10H15CaNO4S. The van der Waals surface area contributed by atoms with Gasteiger partial charge in [0, 0.05) is 13.5 Å². The number of hydrogen-bond donors (Lipinski definition) is 2. The summed E-state index contributed by atoms with van der Waals surface area (Å²) in [7, 11) is -4.05. The normalized spacial score (nSPS) is 10.5. The van der Waals surface area contributed by atoms with Crippen molar-refractivity contribution in [2.24, 2.45) is 0 Å². The van der Waals surface area contributed by atoms with Crippen molar-refractivity contribution in [2.75, 3.05) is 0 Å². The van der Waals surface area contributed by atoms with Crippen LogP contribution in [-0.4, -0.2) is 56.6 Å². The van der Waals surface area contributed by atoms with Gasteiger partial charge in [-0.15, -0.1) is 0 Å². The molecule has 0 fully saturated rings. The zero-order valence-electron chi connectivity index (χ0n) is 8.80. The molecule has 1 rings (SSSR count). The first-order valence-corrected chi connectivity index (χ1v) is 6.26. The summed E-state index contributed by atoms with van der Waals surface area (Å²) in [5.74, 6) is -0.635. The predicted molar refractivity (Wildman–Crippen MR) is 67.8 cm³/mol. The second-order valence-electron chi connectivity index (χ2n) is 3.40. The quantitative estimate of drug-likeness (QED) is 0.592. The van der Waals surface area contributed by atoms with Crippen LogP contribution in [0.15, 0.2) is 24.3 Å². The number of amides is 1. The van der Waals surface area contributed by atoms with Gasteiger partial charge in [0.05, 0.1) is 0 Å². The summed E-state index contributed by atoms with van der Waals surface area (Å²) in [5, 5.41) is 2.57. The molecule has 0 bridgehead atoms. The summed E-state index contributed by atoms with van der Waals surface area (Å²) in [6.45, 7) is 1.63. The maximum atomic E-state index is 10.8. The van der Waals surface area contributed by atoms with E-state index in [0.29, 0.717) is 11.1 Å². The molecule has 0 spiro atoms. The van der Waals surface area contributed by atoms with Crippen LogP contribution in [0.4, 0.5) is 0 Å². The van der Waals surface area contributed by atoms with Gasteiger partial charge < -0.3 is 5.32 Å². The van der Waals surface area contributed by atoms with E-state index in [1.165, 1.54) is 6.92 Å². The number of carbonyl (C=O) groups is 1. The van der Waals surface area contributed by atoms with E-state index >= 15 is 0 Å². The Morgan fingerprint density at radius 2 is 1.82 bits per heavy atom. The minimum atomic E-state index is -4.05. The Kier molecular flexibility index (Phi) is 7.27. The van der Waals surface area contributed by atoms with Crippen LogP contribution in [0.1, 0.15) is 18.1 Å². The molecule has 7 heteroatoms. The van der Waals surface area contributed by atoms with Crippen molar-refractivity contribution in [3.8, 4) is 0 Å². The molecule has 0 aliphatic carbocycles.